The number of hydrogen-bond acceptors (Lipinski definition) is 3. The first-order valence-electron chi connectivity index (χ1n) is 4.52. The summed E-state index contributed by atoms with van der Waals surface area (Å²) in [5.74, 6) is -1.84. The summed E-state index contributed by atoms with van der Waals surface area (Å²) in [6.45, 7) is -0.979. The van der Waals surface area contributed by atoms with Gasteiger partial charge in [0, 0.05) is 19.6 Å². The Bertz CT molecular complexity index is 315. The molecule has 0 bridgehead atoms. The predicted octanol–water partition coefficient (Wildman–Crippen LogP) is 0.159. The number of sulfonamides is 1. The summed E-state index contributed by atoms with van der Waals surface area (Å²) in [6, 6.07) is 0. The molecule has 8 heteroatoms. The smallest absolute Gasteiger partial charge is 0.330 e. The number of rotatable bonds is 3. The second kappa shape index (κ2) is 4.26. The zero-order chi connectivity index (χ0) is 11.7. The highest BCUT2D eigenvalue weighted by molar-refractivity contribution is 7.89. The van der Waals surface area contributed by atoms with Crippen LogP contribution in [0, 0.1) is 5.92 Å². The fourth-order valence-electron chi connectivity index (χ4n) is 1.45. The van der Waals surface area contributed by atoms with E-state index in [2.05, 4.69) is 0 Å². The number of nitrogens with zero attached hydrogens (tertiary/aromatic N) is 1. The van der Waals surface area contributed by atoms with Crippen molar-refractivity contribution in [1.82, 2.24) is 4.31 Å². The van der Waals surface area contributed by atoms with Crippen LogP contribution in [0.2, 0.25) is 0 Å². The maximum absolute atomic E-state index is 12.3. The fourth-order valence-corrected chi connectivity index (χ4v) is 3.02. The average Bonchev–Trinajstić information content (AvgIpc) is 2.39. The van der Waals surface area contributed by atoms with Crippen LogP contribution in [0.25, 0.3) is 0 Å². The van der Waals surface area contributed by atoms with Crippen molar-refractivity contribution in [2.24, 2.45) is 11.7 Å². The molecule has 0 saturated carbocycles. The molecule has 90 valence electrons. The zero-order valence-electron chi connectivity index (χ0n) is 8.00. The summed E-state index contributed by atoms with van der Waals surface area (Å²) in [6.07, 6.45) is -4.05. The summed E-state index contributed by atoms with van der Waals surface area (Å²) in [4.78, 5) is 0. The van der Waals surface area contributed by atoms with Crippen molar-refractivity contribution in [3.63, 3.8) is 0 Å². The predicted molar refractivity (Wildman–Crippen MR) is 48.6 cm³/mol. The van der Waals surface area contributed by atoms with Crippen molar-refractivity contribution >= 4 is 10.0 Å². The van der Waals surface area contributed by atoms with Crippen LogP contribution in [-0.4, -0.2) is 44.3 Å². The third-order valence-corrected chi connectivity index (χ3v) is 4.30. The molecule has 1 aliphatic rings. The molecule has 1 unspecified atom stereocenters. The highest BCUT2D eigenvalue weighted by Gasteiger charge is 2.42. The quantitative estimate of drug-likeness (QED) is 0.771. The lowest BCUT2D eigenvalue weighted by Crippen LogP contribution is -2.41. The van der Waals surface area contributed by atoms with Gasteiger partial charge in [-0.3, -0.25) is 0 Å². The molecule has 0 aromatic carbocycles. The molecule has 0 aromatic rings. The molecule has 4 nitrogen and oxygen atoms in total. The molecule has 0 aliphatic carbocycles. The lowest BCUT2D eigenvalue weighted by molar-refractivity contribution is -0.173. The van der Waals surface area contributed by atoms with E-state index in [1.165, 1.54) is 0 Å². The number of halogens is 3. The highest BCUT2D eigenvalue weighted by Crippen LogP contribution is 2.28. The number of nitrogens with two attached hydrogens (primary N) is 1. The third-order valence-electron chi connectivity index (χ3n) is 2.37. The Kier molecular flexibility index (Phi) is 3.62. The Balaban J connectivity index is 2.68. The topological polar surface area (TPSA) is 63.4 Å². The van der Waals surface area contributed by atoms with Gasteiger partial charge in [-0.25, -0.2) is 12.7 Å². The van der Waals surface area contributed by atoms with Gasteiger partial charge in [0.05, 0.1) is 11.7 Å². The van der Waals surface area contributed by atoms with Gasteiger partial charge in [0.1, 0.15) is 0 Å². The van der Waals surface area contributed by atoms with Gasteiger partial charge in [-0.1, -0.05) is 0 Å². The maximum Gasteiger partial charge on any atom is 0.394 e. The van der Waals surface area contributed by atoms with Crippen LogP contribution in [0.4, 0.5) is 13.2 Å². The van der Waals surface area contributed by atoms with Gasteiger partial charge < -0.3 is 5.73 Å². The summed E-state index contributed by atoms with van der Waals surface area (Å²) >= 11 is 0. The molecule has 0 radical (unpaired) electrons. The van der Waals surface area contributed by atoms with Crippen molar-refractivity contribution in [3.8, 4) is 0 Å². The second-order valence-corrected chi connectivity index (χ2v) is 5.59. The molecule has 2 N–H and O–H groups in total. The molecule has 1 saturated heterocycles. The average molecular weight is 246 g/mol. The van der Waals surface area contributed by atoms with Crippen molar-refractivity contribution in [2.75, 3.05) is 25.4 Å². The van der Waals surface area contributed by atoms with E-state index < -0.39 is 35.2 Å². The van der Waals surface area contributed by atoms with Gasteiger partial charge in [-0.2, -0.15) is 13.2 Å². The first kappa shape index (κ1) is 12.7. The van der Waals surface area contributed by atoms with Crippen molar-refractivity contribution in [1.29, 1.82) is 0 Å². The van der Waals surface area contributed by atoms with Gasteiger partial charge in [0.25, 0.3) is 0 Å². The number of alkyl halides is 3. The fraction of sp³-hybridized carbons (Fsp3) is 1.00. The minimum Gasteiger partial charge on any atom is -0.330 e. The van der Waals surface area contributed by atoms with Crippen molar-refractivity contribution < 1.29 is 21.6 Å². The molecule has 1 rings (SSSR count). The van der Waals surface area contributed by atoms with Crippen LogP contribution in [-0.2, 0) is 10.0 Å². The van der Waals surface area contributed by atoms with Crippen molar-refractivity contribution in [2.45, 2.75) is 12.6 Å². The van der Waals surface area contributed by atoms with Crippen LogP contribution in [0.3, 0.4) is 0 Å². The van der Waals surface area contributed by atoms with Crippen LogP contribution in [0.1, 0.15) is 6.42 Å². The minimum absolute atomic E-state index is 0.0673. The Hall–Kier alpha value is -0.340. The standard InChI is InChI=1S/C7H13F3N2O2S/c8-7(9,10)6(4-11)5-12-2-1-3-15(12,13)14/h6H,1-5,11H2. The van der Waals surface area contributed by atoms with E-state index in [1.54, 1.807) is 0 Å². The summed E-state index contributed by atoms with van der Waals surface area (Å²) in [5.41, 5.74) is 4.98. The first-order valence-corrected chi connectivity index (χ1v) is 6.13. The zero-order valence-corrected chi connectivity index (χ0v) is 8.81. The first-order chi connectivity index (χ1) is 6.77. The largest absolute Gasteiger partial charge is 0.394 e. The highest BCUT2D eigenvalue weighted by atomic mass is 32.2. The molecule has 15 heavy (non-hydrogen) atoms. The SMILES string of the molecule is NCC(CN1CCCS1(=O)=O)C(F)(F)F. The normalized spacial score (nSPS) is 24.3. The Morgan fingerprint density at radius 2 is 2.00 bits per heavy atom. The summed E-state index contributed by atoms with van der Waals surface area (Å²) < 4.78 is 60.4. The molecular weight excluding hydrogens is 233 g/mol. The Morgan fingerprint density at radius 3 is 2.33 bits per heavy atom. The molecule has 1 atom stereocenters. The Labute approximate surface area is 86.3 Å². The van der Waals surface area contributed by atoms with Gasteiger partial charge in [0.2, 0.25) is 10.0 Å². The van der Waals surface area contributed by atoms with Gasteiger partial charge in [0.15, 0.2) is 0 Å². The van der Waals surface area contributed by atoms with Gasteiger partial charge in [-0.05, 0) is 6.42 Å². The second-order valence-electron chi connectivity index (χ2n) is 3.50. The molecule has 1 heterocycles. The van der Waals surface area contributed by atoms with Crippen molar-refractivity contribution in [3.05, 3.63) is 0 Å². The monoisotopic (exact) mass is 246 g/mol. The molecular formula is C7H13F3N2O2S. The van der Waals surface area contributed by atoms with E-state index in [0.717, 1.165) is 4.31 Å². The minimum atomic E-state index is -4.44. The lowest BCUT2D eigenvalue weighted by Gasteiger charge is -2.23. The van der Waals surface area contributed by atoms with Crippen LogP contribution in [0.5, 0.6) is 0 Å². The van der Waals surface area contributed by atoms with Crippen LogP contribution < -0.4 is 5.73 Å². The summed E-state index contributed by atoms with van der Waals surface area (Å²) in [5, 5.41) is 0. The third kappa shape index (κ3) is 3.05. The molecule has 0 spiro atoms. The van der Waals surface area contributed by atoms with Gasteiger partial charge >= 0.3 is 6.18 Å². The number of hydrogen-bond donors (Lipinski definition) is 1. The summed E-state index contributed by atoms with van der Waals surface area (Å²) in [7, 11) is -3.47. The van der Waals surface area contributed by atoms with E-state index in [1.807, 2.05) is 0 Å². The molecule has 1 aliphatic heterocycles. The van der Waals surface area contributed by atoms with Crippen LogP contribution in [0.15, 0.2) is 0 Å². The van der Waals surface area contributed by atoms with Crippen LogP contribution >= 0.6 is 0 Å². The van der Waals surface area contributed by atoms with E-state index in [4.69, 9.17) is 5.73 Å². The van der Waals surface area contributed by atoms with E-state index in [-0.39, 0.29) is 12.3 Å². The Morgan fingerprint density at radius 1 is 1.40 bits per heavy atom. The maximum atomic E-state index is 12.3. The lowest BCUT2D eigenvalue weighted by atomic mass is 10.1. The molecule has 0 aromatic heterocycles. The van der Waals surface area contributed by atoms with E-state index in [0.29, 0.717) is 6.42 Å². The van der Waals surface area contributed by atoms with E-state index in [9.17, 15) is 21.6 Å². The van der Waals surface area contributed by atoms with Gasteiger partial charge in [-0.15, -0.1) is 0 Å². The van der Waals surface area contributed by atoms with E-state index >= 15 is 0 Å². The molecule has 0 amide bonds. The molecule has 1 fully saturated rings.